The van der Waals surface area contributed by atoms with Crippen LogP contribution in [0.3, 0.4) is 0 Å². The summed E-state index contributed by atoms with van der Waals surface area (Å²) < 4.78 is 1.15. The highest BCUT2D eigenvalue weighted by Crippen LogP contribution is 2.23. The summed E-state index contributed by atoms with van der Waals surface area (Å²) in [6.45, 7) is 4.62. The summed E-state index contributed by atoms with van der Waals surface area (Å²) in [7, 11) is 2.07. The fourth-order valence-corrected chi connectivity index (χ4v) is 3.38. The maximum absolute atomic E-state index is 3.47. The minimum Gasteiger partial charge on any atom is -0.316 e. The van der Waals surface area contributed by atoms with Crippen LogP contribution >= 0.6 is 27.7 Å². The van der Waals surface area contributed by atoms with Gasteiger partial charge in [-0.1, -0.05) is 42.6 Å². The lowest BCUT2D eigenvalue weighted by molar-refractivity contribution is 0.420. The second-order valence-corrected chi connectivity index (χ2v) is 6.89. The van der Waals surface area contributed by atoms with Gasteiger partial charge in [0.15, 0.2) is 0 Å². The van der Waals surface area contributed by atoms with Crippen LogP contribution in [-0.4, -0.2) is 18.8 Å². The molecule has 0 radical (unpaired) electrons. The lowest BCUT2D eigenvalue weighted by Crippen LogP contribution is -2.29. The molecule has 0 aliphatic heterocycles. The first kappa shape index (κ1) is 16.1. The van der Waals surface area contributed by atoms with Gasteiger partial charge in [-0.25, -0.2) is 0 Å². The minimum atomic E-state index is 0.611. The van der Waals surface area contributed by atoms with E-state index >= 15 is 0 Å². The standard InChI is InChI=1S/C15H24BrNS/c1-4-5-12(2)10-14(17-3)11-18-15-8-6-13(16)7-9-15/h6-9,12,14,17H,4-5,10-11H2,1-3H3. The molecule has 0 saturated heterocycles. The highest BCUT2D eigenvalue weighted by Gasteiger charge is 2.11. The fourth-order valence-electron chi connectivity index (χ4n) is 2.09. The Balaban J connectivity index is 2.37. The molecule has 1 rings (SSSR count). The van der Waals surface area contributed by atoms with Gasteiger partial charge in [0.1, 0.15) is 0 Å². The molecule has 0 bridgehead atoms. The zero-order valence-electron chi connectivity index (χ0n) is 11.6. The van der Waals surface area contributed by atoms with Gasteiger partial charge in [0.05, 0.1) is 0 Å². The Kier molecular flexibility index (Phi) is 8.03. The summed E-state index contributed by atoms with van der Waals surface area (Å²) in [6, 6.07) is 9.18. The second kappa shape index (κ2) is 9.00. The van der Waals surface area contributed by atoms with Gasteiger partial charge in [-0.05, 0) is 43.7 Å². The van der Waals surface area contributed by atoms with Crippen molar-refractivity contribution >= 4 is 27.7 Å². The Morgan fingerprint density at radius 2 is 1.94 bits per heavy atom. The predicted octanol–water partition coefficient (Wildman–Crippen LogP) is 4.96. The molecule has 18 heavy (non-hydrogen) atoms. The molecular weight excluding hydrogens is 306 g/mol. The predicted molar refractivity (Wildman–Crippen MR) is 86.4 cm³/mol. The van der Waals surface area contributed by atoms with Crippen molar-refractivity contribution in [2.45, 2.75) is 44.0 Å². The smallest absolute Gasteiger partial charge is 0.0176 e. The van der Waals surface area contributed by atoms with Crippen LogP contribution in [0.15, 0.2) is 33.6 Å². The molecule has 1 aromatic carbocycles. The SMILES string of the molecule is CCCC(C)CC(CSc1ccc(Br)cc1)NC. The van der Waals surface area contributed by atoms with Crippen molar-refractivity contribution in [2.24, 2.45) is 5.92 Å². The van der Waals surface area contributed by atoms with Crippen molar-refractivity contribution < 1.29 is 0 Å². The number of halogens is 1. The molecule has 0 amide bonds. The van der Waals surface area contributed by atoms with Crippen LogP contribution in [0.4, 0.5) is 0 Å². The fraction of sp³-hybridized carbons (Fsp3) is 0.600. The summed E-state index contributed by atoms with van der Waals surface area (Å²) in [6.07, 6.45) is 3.90. The number of hydrogen-bond acceptors (Lipinski definition) is 2. The average molecular weight is 330 g/mol. The molecule has 0 spiro atoms. The molecule has 0 aliphatic rings. The van der Waals surface area contributed by atoms with E-state index in [-0.39, 0.29) is 0 Å². The quantitative estimate of drug-likeness (QED) is 0.677. The van der Waals surface area contributed by atoms with Gasteiger partial charge in [0, 0.05) is 21.2 Å². The Morgan fingerprint density at radius 1 is 1.28 bits per heavy atom. The van der Waals surface area contributed by atoms with Crippen LogP contribution in [-0.2, 0) is 0 Å². The van der Waals surface area contributed by atoms with Crippen molar-refractivity contribution in [3.63, 3.8) is 0 Å². The minimum absolute atomic E-state index is 0.611. The number of thioether (sulfide) groups is 1. The van der Waals surface area contributed by atoms with Gasteiger partial charge in [0.25, 0.3) is 0 Å². The van der Waals surface area contributed by atoms with Crippen LogP contribution in [0.5, 0.6) is 0 Å². The highest BCUT2D eigenvalue weighted by molar-refractivity contribution is 9.10. The van der Waals surface area contributed by atoms with Gasteiger partial charge in [-0.2, -0.15) is 0 Å². The molecule has 0 heterocycles. The van der Waals surface area contributed by atoms with Gasteiger partial charge in [-0.15, -0.1) is 11.8 Å². The summed E-state index contributed by atoms with van der Waals surface area (Å²) in [4.78, 5) is 1.35. The molecular formula is C15H24BrNS. The van der Waals surface area contributed by atoms with E-state index in [9.17, 15) is 0 Å². The van der Waals surface area contributed by atoms with Crippen molar-refractivity contribution in [2.75, 3.05) is 12.8 Å². The largest absolute Gasteiger partial charge is 0.316 e. The lowest BCUT2D eigenvalue weighted by Gasteiger charge is -2.20. The molecule has 3 heteroatoms. The molecule has 2 unspecified atom stereocenters. The molecule has 0 aromatic heterocycles. The van der Waals surface area contributed by atoms with Gasteiger partial charge in [0.2, 0.25) is 0 Å². The topological polar surface area (TPSA) is 12.0 Å². The van der Waals surface area contributed by atoms with Crippen LogP contribution < -0.4 is 5.32 Å². The number of hydrogen-bond donors (Lipinski definition) is 1. The summed E-state index contributed by atoms with van der Waals surface area (Å²) in [5.41, 5.74) is 0. The normalized spacial score (nSPS) is 14.4. The van der Waals surface area contributed by atoms with Crippen LogP contribution in [0.1, 0.15) is 33.1 Å². The highest BCUT2D eigenvalue weighted by atomic mass is 79.9. The molecule has 1 aromatic rings. The van der Waals surface area contributed by atoms with Gasteiger partial charge >= 0.3 is 0 Å². The van der Waals surface area contributed by atoms with Crippen molar-refractivity contribution in [1.82, 2.24) is 5.32 Å². The molecule has 0 fully saturated rings. The Hall–Kier alpha value is 0.01000. The maximum atomic E-state index is 3.47. The first-order valence-corrected chi connectivity index (χ1v) is 8.49. The Labute approximate surface area is 124 Å². The molecule has 0 saturated carbocycles. The first-order valence-electron chi connectivity index (χ1n) is 6.71. The molecule has 102 valence electrons. The molecule has 1 N–H and O–H groups in total. The van der Waals surface area contributed by atoms with E-state index in [4.69, 9.17) is 0 Å². The summed E-state index contributed by atoms with van der Waals surface area (Å²) >= 11 is 5.41. The average Bonchev–Trinajstić information content (AvgIpc) is 2.36. The van der Waals surface area contributed by atoms with Gasteiger partial charge in [-0.3, -0.25) is 0 Å². The van der Waals surface area contributed by atoms with E-state index in [1.165, 1.54) is 24.2 Å². The third kappa shape index (κ3) is 6.26. The van der Waals surface area contributed by atoms with Crippen LogP contribution in [0.2, 0.25) is 0 Å². The zero-order chi connectivity index (χ0) is 13.4. The van der Waals surface area contributed by atoms with E-state index in [1.54, 1.807) is 0 Å². The van der Waals surface area contributed by atoms with E-state index in [0.717, 1.165) is 16.1 Å². The number of benzene rings is 1. The summed E-state index contributed by atoms with van der Waals surface area (Å²) in [5.74, 6) is 1.96. The van der Waals surface area contributed by atoms with Crippen molar-refractivity contribution in [3.8, 4) is 0 Å². The zero-order valence-corrected chi connectivity index (χ0v) is 14.0. The second-order valence-electron chi connectivity index (χ2n) is 4.88. The number of nitrogens with one attached hydrogen (secondary N) is 1. The first-order chi connectivity index (χ1) is 8.65. The molecule has 0 aliphatic carbocycles. The lowest BCUT2D eigenvalue weighted by atomic mass is 9.98. The van der Waals surface area contributed by atoms with Crippen molar-refractivity contribution in [1.29, 1.82) is 0 Å². The monoisotopic (exact) mass is 329 g/mol. The molecule has 1 nitrogen and oxygen atoms in total. The van der Waals surface area contributed by atoms with Crippen molar-refractivity contribution in [3.05, 3.63) is 28.7 Å². The summed E-state index contributed by atoms with van der Waals surface area (Å²) in [5, 5.41) is 3.44. The number of rotatable bonds is 8. The van der Waals surface area contributed by atoms with Gasteiger partial charge < -0.3 is 5.32 Å². The third-order valence-corrected chi connectivity index (χ3v) is 4.84. The third-order valence-electron chi connectivity index (χ3n) is 3.14. The van der Waals surface area contributed by atoms with E-state index in [2.05, 4.69) is 66.4 Å². The van der Waals surface area contributed by atoms with Crippen LogP contribution in [0, 0.1) is 5.92 Å². The molecule has 2 atom stereocenters. The Bertz CT molecular complexity index is 326. The van der Waals surface area contributed by atoms with Crippen LogP contribution in [0.25, 0.3) is 0 Å². The maximum Gasteiger partial charge on any atom is 0.0176 e. The van der Waals surface area contributed by atoms with E-state index in [1.807, 2.05) is 11.8 Å². The van der Waals surface area contributed by atoms with E-state index in [0.29, 0.717) is 6.04 Å². The van der Waals surface area contributed by atoms with E-state index < -0.39 is 0 Å². The Morgan fingerprint density at radius 3 is 2.50 bits per heavy atom.